The van der Waals surface area contributed by atoms with Crippen LogP contribution in [0.25, 0.3) is 0 Å². The van der Waals surface area contributed by atoms with E-state index in [9.17, 15) is 4.79 Å². The summed E-state index contributed by atoms with van der Waals surface area (Å²) >= 11 is 7.12. The van der Waals surface area contributed by atoms with Crippen LogP contribution in [0, 0.1) is 0 Å². The van der Waals surface area contributed by atoms with E-state index in [4.69, 9.17) is 16.4 Å². The number of carbonyl (C=O) groups is 1. The quantitative estimate of drug-likeness (QED) is 0.587. The van der Waals surface area contributed by atoms with Gasteiger partial charge in [-0.15, -0.1) is 11.3 Å². The molecule has 0 radical (unpaired) electrons. The highest BCUT2D eigenvalue weighted by atomic mass is 35.5. The number of amides is 1. The second kappa shape index (κ2) is 8.67. The summed E-state index contributed by atoms with van der Waals surface area (Å²) in [6.07, 6.45) is 2.23. The zero-order valence-corrected chi connectivity index (χ0v) is 17.3. The van der Waals surface area contributed by atoms with Crippen LogP contribution in [0.15, 0.2) is 53.8 Å². The summed E-state index contributed by atoms with van der Waals surface area (Å²) in [6.45, 7) is 3.24. The van der Waals surface area contributed by atoms with Gasteiger partial charge in [0, 0.05) is 24.7 Å². The molecule has 7 nitrogen and oxygen atoms in total. The van der Waals surface area contributed by atoms with Gasteiger partial charge in [0.2, 0.25) is 0 Å². The first-order valence-corrected chi connectivity index (χ1v) is 10.5. The largest absolute Gasteiger partial charge is 0.390 e. The summed E-state index contributed by atoms with van der Waals surface area (Å²) in [5.74, 6) is 0.797. The molecule has 1 aliphatic rings. The Morgan fingerprint density at radius 2 is 2.10 bits per heavy atom. The average Bonchev–Trinajstić information content (AvgIpc) is 3.47. The number of carbonyl (C=O) groups excluding carboxylic acids is 1. The molecule has 0 spiro atoms. The zero-order valence-electron chi connectivity index (χ0n) is 15.8. The maximum atomic E-state index is 12.1. The van der Waals surface area contributed by atoms with Crippen molar-refractivity contribution in [3.8, 4) is 0 Å². The van der Waals surface area contributed by atoms with Gasteiger partial charge < -0.3 is 15.5 Å². The molecule has 0 saturated heterocycles. The highest BCUT2D eigenvalue weighted by Crippen LogP contribution is 2.22. The average molecular weight is 430 g/mol. The molecule has 1 amide bonds. The Morgan fingerprint density at radius 3 is 2.83 bits per heavy atom. The third-order valence-corrected chi connectivity index (χ3v) is 5.76. The van der Waals surface area contributed by atoms with Gasteiger partial charge in [0.05, 0.1) is 27.7 Å². The maximum Gasteiger partial charge on any atom is 0.261 e. The van der Waals surface area contributed by atoms with Gasteiger partial charge in [-0.1, -0.05) is 28.9 Å². The van der Waals surface area contributed by atoms with Crippen molar-refractivity contribution in [2.45, 2.75) is 26.0 Å². The van der Waals surface area contributed by atoms with Crippen LogP contribution in [0.3, 0.4) is 0 Å². The zero-order chi connectivity index (χ0) is 20.2. The highest BCUT2D eigenvalue weighted by molar-refractivity contribution is 7.17. The SMILES string of the molecule is CCn1nccc1Nc1ccc(C2=NOC(CNC(=O)c3ccc(Cl)s3)C2)cc1. The predicted octanol–water partition coefficient (Wildman–Crippen LogP) is 4.28. The minimum Gasteiger partial charge on any atom is -0.390 e. The van der Waals surface area contributed by atoms with Gasteiger partial charge in [0.15, 0.2) is 0 Å². The van der Waals surface area contributed by atoms with E-state index >= 15 is 0 Å². The number of nitrogens with one attached hydrogen (secondary N) is 2. The molecule has 150 valence electrons. The number of halogens is 1. The van der Waals surface area contributed by atoms with Gasteiger partial charge in [-0.05, 0) is 36.8 Å². The summed E-state index contributed by atoms with van der Waals surface area (Å²) in [7, 11) is 0. The summed E-state index contributed by atoms with van der Waals surface area (Å²) in [5, 5.41) is 14.7. The minimum absolute atomic E-state index is 0.152. The topological polar surface area (TPSA) is 80.5 Å². The van der Waals surface area contributed by atoms with E-state index in [1.165, 1.54) is 11.3 Å². The van der Waals surface area contributed by atoms with E-state index in [1.54, 1.807) is 18.3 Å². The smallest absolute Gasteiger partial charge is 0.261 e. The molecule has 0 saturated carbocycles. The molecule has 0 fully saturated rings. The predicted molar refractivity (Wildman–Crippen MR) is 115 cm³/mol. The van der Waals surface area contributed by atoms with Crippen molar-refractivity contribution in [2.24, 2.45) is 5.16 Å². The van der Waals surface area contributed by atoms with Crippen LogP contribution in [-0.2, 0) is 11.4 Å². The van der Waals surface area contributed by atoms with Gasteiger partial charge in [-0.25, -0.2) is 4.68 Å². The lowest BCUT2D eigenvalue weighted by Crippen LogP contribution is -2.31. The van der Waals surface area contributed by atoms with Gasteiger partial charge in [-0.2, -0.15) is 5.10 Å². The number of benzene rings is 1. The third-order valence-electron chi connectivity index (χ3n) is 4.53. The number of anilines is 2. The molecule has 2 aromatic heterocycles. The number of hydrogen-bond acceptors (Lipinski definition) is 6. The van der Waals surface area contributed by atoms with Crippen LogP contribution in [0.4, 0.5) is 11.5 Å². The van der Waals surface area contributed by atoms with Gasteiger partial charge >= 0.3 is 0 Å². The fourth-order valence-corrected chi connectivity index (χ4v) is 3.98. The van der Waals surface area contributed by atoms with Gasteiger partial charge in [-0.3, -0.25) is 4.79 Å². The molecule has 0 bridgehead atoms. The fourth-order valence-electron chi connectivity index (χ4n) is 3.02. The van der Waals surface area contributed by atoms with E-state index < -0.39 is 0 Å². The molecule has 2 N–H and O–H groups in total. The van der Waals surface area contributed by atoms with Crippen molar-refractivity contribution in [1.82, 2.24) is 15.1 Å². The molecular formula is C20H20ClN5O2S. The Kier molecular flexibility index (Phi) is 5.82. The number of rotatable bonds is 7. The number of oxime groups is 1. The molecule has 4 rings (SSSR count). The molecule has 3 aromatic rings. The molecule has 1 atom stereocenters. The summed E-state index contributed by atoms with van der Waals surface area (Å²) in [6, 6.07) is 13.4. The maximum absolute atomic E-state index is 12.1. The molecule has 1 aromatic carbocycles. The van der Waals surface area contributed by atoms with Crippen molar-refractivity contribution < 1.29 is 9.63 Å². The summed E-state index contributed by atoms with van der Waals surface area (Å²) in [5.41, 5.74) is 2.84. The first kappa shape index (κ1) is 19.5. The van der Waals surface area contributed by atoms with Gasteiger partial charge in [0.25, 0.3) is 5.91 Å². The first-order chi connectivity index (χ1) is 14.1. The number of aromatic nitrogens is 2. The number of aryl methyl sites for hydroxylation is 1. The Morgan fingerprint density at radius 1 is 1.28 bits per heavy atom. The standard InChI is InChI=1S/C20H20ClN5O2S/c1-2-26-19(9-10-23-26)24-14-5-3-13(4-6-14)16-11-15(28-25-16)12-22-20(27)17-7-8-18(21)29-17/h3-10,15,24H,2,11-12H2,1H3,(H,22,27). The monoisotopic (exact) mass is 429 g/mol. The van der Waals surface area contributed by atoms with E-state index in [0.29, 0.717) is 22.2 Å². The summed E-state index contributed by atoms with van der Waals surface area (Å²) < 4.78 is 2.49. The fraction of sp³-hybridized carbons (Fsp3) is 0.250. The normalized spacial score (nSPS) is 15.7. The van der Waals surface area contributed by atoms with Crippen molar-refractivity contribution in [3.63, 3.8) is 0 Å². The summed E-state index contributed by atoms with van der Waals surface area (Å²) in [4.78, 5) is 18.2. The lowest BCUT2D eigenvalue weighted by molar-refractivity contribution is 0.0755. The number of thiophene rings is 1. The Labute approximate surface area is 177 Å². The second-order valence-electron chi connectivity index (χ2n) is 6.52. The molecule has 29 heavy (non-hydrogen) atoms. The highest BCUT2D eigenvalue weighted by Gasteiger charge is 2.23. The second-order valence-corrected chi connectivity index (χ2v) is 8.23. The molecule has 0 aliphatic carbocycles. The van der Waals surface area contributed by atoms with Crippen molar-refractivity contribution in [3.05, 3.63) is 63.4 Å². The van der Waals surface area contributed by atoms with Crippen LogP contribution in [0.1, 0.15) is 28.6 Å². The van der Waals surface area contributed by atoms with E-state index in [2.05, 4.69) is 20.9 Å². The minimum atomic E-state index is -0.180. The van der Waals surface area contributed by atoms with Crippen LogP contribution in [0.5, 0.6) is 0 Å². The van der Waals surface area contributed by atoms with Crippen LogP contribution >= 0.6 is 22.9 Å². The van der Waals surface area contributed by atoms with Crippen molar-refractivity contribution >= 4 is 46.1 Å². The molecular weight excluding hydrogens is 410 g/mol. The van der Waals surface area contributed by atoms with Crippen molar-refractivity contribution in [2.75, 3.05) is 11.9 Å². The third kappa shape index (κ3) is 4.60. The van der Waals surface area contributed by atoms with Gasteiger partial charge in [0.1, 0.15) is 11.9 Å². The van der Waals surface area contributed by atoms with Crippen molar-refractivity contribution in [1.29, 1.82) is 0 Å². The Bertz CT molecular complexity index is 1030. The molecule has 1 aliphatic heterocycles. The van der Waals surface area contributed by atoms with Crippen LogP contribution in [0.2, 0.25) is 4.34 Å². The first-order valence-electron chi connectivity index (χ1n) is 9.28. The molecule has 1 unspecified atom stereocenters. The van der Waals surface area contributed by atoms with E-state index in [0.717, 1.165) is 29.3 Å². The van der Waals surface area contributed by atoms with Crippen LogP contribution in [-0.4, -0.2) is 34.0 Å². The lowest BCUT2D eigenvalue weighted by Gasteiger charge is -2.10. The molecule has 3 heterocycles. The molecule has 9 heteroatoms. The number of nitrogens with zero attached hydrogens (tertiary/aromatic N) is 3. The van der Waals surface area contributed by atoms with E-state index in [-0.39, 0.29) is 12.0 Å². The lowest BCUT2D eigenvalue weighted by atomic mass is 10.0. The Balaban J connectivity index is 1.30. The van der Waals surface area contributed by atoms with E-state index in [1.807, 2.05) is 41.9 Å². The van der Waals surface area contributed by atoms with Crippen LogP contribution < -0.4 is 10.6 Å². The number of hydrogen-bond donors (Lipinski definition) is 2. The Hall–Kier alpha value is -2.84.